The predicted molar refractivity (Wildman–Crippen MR) is 72.2 cm³/mol. The molecule has 1 aliphatic rings. The van der Waals surface area contributed by atoms with Crippen molar-refractivity contribution in [1.29, 1.82) is 0 Å². The minimum absolute atomic E-state index is 0.204. The van der Waals surface area contributed by atoms with E-state index in [-0.39, 0.29) is 6.10 Å². The highest BCUT2D eigenvalue weighted by atomic mass is 16.5. The molecule has 2 nitrogen and oxygen atoms in total. The minimum Gasteiger partial charge on any atom is -0.370 e. The Hall–Kier alpha value is -1.64. The normalized spacial score (nSPS) is 22.4. The summed E-state index contributed by atoms with van der Waals surface area (Å²) in [7, 11) is 0. The topological polar surface area (TPSA) is 21.3 Å². The summed E-state index contributed by atoms with van der Waals surface area (Å²) in [4.78, 5) is 0. The highest BCUT2D eigenvalue weighted by Crippen LogP contribution is 2.29. The van der Waals surface area contributed by atoms with E-state index in [1.807, 2.05) is 12.1 Å². The zero-order valence-corrected chi connectivity index (χ0v) is 10.3. The standard InChI is InChI=1S/C16H17NO/c1-3-7-13(8-4-1)11-17-15-12-18-16(15)14-9-5-2-6-10-14/h1-10,15-17H,11-12H2/t15-,16?/m1/s1. The number of hydrogen-bond donors (Lipinski definition) is 1. The van der Waals surface area contributed by atoms with Crippen molar-refractivity contribution in [2.24, 2.45) is 0 Å². The molecule has 0 aliphatic carbocycles. The van der Waals surface area contributed by atoms with Crippen LogP contribution < -0.4 is 5.32 Å². The van der Waals surface area contributed by atoms with Gasteiger partial charge >= 0.3 is 0 Å². The maximum atomic E-state index is 5.66. The highest BCUT2D eigenvalue weighted by Gasteiger charge is 2.32. The Morgan fingerprint density at radius 3 is 2.22 bits per heavy atom. The quantitative estimate of drug-likeness (QED) is 0.885. The molecular formula is C16H17NO. The Morgan fingerprint density at radius 2 is 1.61 bits per heavy atom. The summed E-state index contributed by atoms with van der Waals surface area (Å²) in [6.45, 7) is 1.70. The van der Waals surface area contributed by atoms with E-state index in [1.54, 1.807) is 0 Å². The van der Waals surface area contributed by atoms with E-state index < -0.39 is 0 Å². The third-order valence-corrected chi connectivity index (χ3v) is 3.36. The van der Waals surface area contributed by atoms with Crippen LogP contribution in [0.15, 0.2) is 60.7 Å². The molecule has 0 radical (unpaired) electrons. The monoisotopic (exact) mass is 239 g/mol. The summed E-state index contributed by atoms with van der Waals surface area (Å²) in [6.07, 6.45) is 0.204. The van der Waals surface area contributed by atoms with Crippen LogP contribution in [0.25, 0.3) is 0 Å². The summed E-state index contributed by atoms with van der Waals surface area (Å²) in [5, 5.41) is 3.56. The molecule has 0 aromatic heterocycles. The summed E-state index contributed by atoms with van der Waals surface area (Å²) in [5.74, 6) is 0. The fourth-order valence-corrected chi connectivity index (χ4v) is 2.27. The van der Waals surface area contributed by atoms with E-state index in [1.165, 1.54) is 11.1 Å². The Kier molecular flexibility index (Phi) is 3.40. The molecule has 1 heterocycles. The average molecular weight is 239 g/mol. The van der Waals surface area contributed by atoms with Gasteiger partial charge in [0.05, 0.1) is 12.6 Å². The molecule has 1 saturated heterocycles. The Morgan fingerprint density at radius 1 is 0.944 bits per heavy atom. The molecule has 18 heavy (non-hydrogen) atoms. The molecule has 92 valence electrons. The first-order valence-corrected chi connectivity index (χ1v) is 6.37. The molecule has 2 heteroatoms. The molecule has 0 saturated carbocycles. The molecule has 2 atom stereocenters. The van der Waals surface area contributed by atoms with Gasteiger partial charge in [-0.25, -0.2) is 0 Å². The third-order valence-electron chi connectivity index (χ3n) is 3.36. The summed E-state index contributed by atoms with van der Waals surface area (Å²) in [5.41, 5.74) is 2.57. The van der Waals surface area contributed by atoms with Crippen LogP contribution in [-0.4, -0.2) is 12.6 Å². The Labute approximate surface area is 108 Å². The van der Waals surface area contributed by atoms with Gasteiger partial charge in [-0.1, -0.05) is 60.7 Å². The third kappa shape index (κ3) is 2.45. The van der Waals surface area contributed by atoms with Crippen LogP contribution in [0.3, 0.4) is 0 Å². The van der Waals surface area contributed by atoms with Crippen molar-refractivity contribution in [2.75, 3.05) is 6.61 Å². The van der Waals surface area contributed by atoms with Crippen LogP contribution in [0.4, 0.5) is 0 Å². The number of ether oxygens (including phenoxy) is 1. The zero-order chi connectivity index (χ0) is 12.2. The SMILES string of the molecule is c1ccc(CN[C@@H]2COC2c2ccccc2)cc1. The van der Waals surface area contributed by atoms with Crippen molar-refractivity contribution >= 4 is 0 Å². The van der Waals surface area contributed by atoms with Gasteiger partial charge in [0, 0.05) is 6.54 Å². The second-order valence-corrected chi connectivity index (χ2v) is 4.64. The molecule has 1 aliphatic heterocycles. The molecule has 2 aromatic rings. The molecule has 0 amide bonds. The van der Waals surface area contributed by atoms with Crippen molar-refractivity contribution in [3.8, 4) is 0 Å². The first kappa shape index (κ1) is 11.5. The lowest BCUT2D eigenvalue weighted by Gasteiger charge is -2.37. The maximum Gasteiger partial charge on any atom is 0.100 e. The van der Waals surface area contributed by atoms with Crippen molar-refractivity contribution in [2.45, 2.75) is 18.7 Å². The molecule has 0 bridgehead atoms. The van der Waals surface area contributed by atoms with Crippen molar-refractivity contribution < 1.29 is 4.74 Å². The van der Waals surface area contributed by atoms with Gasteiger partial charge in [0.25, 0.3) is 0 Å². The van der Waals surface area contributed by atoms with Crippen LogP contribution in [0.1, 0.15) is 17.2 Å². The zero-order valence-electron chi connectivity index (χ0n) is 10.3. The maximum absolute atomic E-state index is 5.66. The molecule has 1 N–H and O–H groups in total. The van der Waals surface area contributed by atoms with Gasteiger partial charge in [0.1, 0.15) is 6.10 Å². The fourth-order valence-electron chi connectivity index (χ4n) is 2.27. The second-order valence-electron chi connectivity index (χ2n) is 4.64. The van der Waals surface area contributed by atoms with E-state index in [0.717, 1.165) is 13.2 Å². The largest absolute Gasteiger partial charge is 0.370 e. The molecule has 3 rings (SSSR count). The number of hydrogen-bond acceptors (Lipinski definition) is 2. The van der Waals surface area contributed by atoms with E-state index in [0.29, 0.717) is 6.04 Å². The van der Waals surface area contributed by atoms with E-state index >= 15 is 0 Å². The van der Waals surface area contributed by atoms with Crippen LogP contribution in [0, 0.1) is 0 Å². The van der Waals surface area contributed by atoms with Crippen molar-refractivity contribution in [1.82, 2.24) is 5.32 Å². The van der Waals surface area contributed by atoms with Gasteiger partial charge in [-0.05, 0) is 11.1 Å². The van der Waals surface area contributed by atoms with Crippen molar-refractivity contribution in [3.63, 3.8) is 0 Å². The van der Waals surface area contributed by atoms with E-state index in [9.17, 15) is 0 Å². The summed E-state index contributed by atoms with van der Waals surface area (Å²) >= 11 is 0. The highest BCUT2D eigenvalue weighted by molar-refractivity contribution is 5.21. The molecule has 0 spiro atoms. The summed E-state index contributed by atoms with van der Waals surface area (Å²) < 4.78 is 5.66. The molecule has 1 fully saturated rings. The van der Waals surface area contributed by atoms with Gasteiger partial charge in [0.2, 0.25) is 0 Å². The van der Waals surface area contributed by atoms with Gasteiger partial charge in [-0.2, -0.15) is 0 Å². The smallest absolute Gasteiger partial charge is 0.100 e. The Balaban J connectivity index is 1.58. The molecular weight excluding hydrogens is 222 g/mol. The number of nitrogens with one attached hydrogen (secondary N) is 1. The van der Waals surface area contributed by atoms with Gasteiger partial charge in [-0.3, -0.25) is 0 Å². The van der Waals surface area contributed by atoms with Gasteiger partial charge in [0.15, 0.2) is 0 Å². The van der Waals surface area contributed by atoms with Crippen LogP contribution in [0.2, 0.25) is 0 Å². The van der Waals surface area contributed by atoms with E-state index in [2.05, 4.69) is 53.8 Å². The van der Waals surface area contributed by atoms with Crippen LogP contribution in [0.5, 0.6) is 0 Å². The Bertz CT molecular complexity index is 483. The summed E-state index contributed by atoms with van der Waals surface area (Å²) in [6, 6.07) is 21.3. The van der Waals surface area contributed by atoms with Crippen LogP contribution in [-0.2, 0) is 11.3 Å². The predicted octanol–water partition coefficient (Wildman–Crippen LogP) is 2.92. The van der Waals surface area contributed by atoms with Gasteiger partial charge < -0.3 is 10.1 Å². The lowest BCUT2D eigenvalue weighted by Crippen LogP contribution is -2.48. The van der Waals surface area contributed by atoms with Crippen molar-refractivity contribution in [3.05, 3.63) is 71.8 Å². The second kappa shape index (κ2) is 5.34. The fraction of sp³-hybridized carbons (Fsp3) is 0.250. The lowest BCUT2D eigenvalue weighted by molar-refractivity contribution is -0.0904. The van der Waals surface area contributed by atoms with Crippen LogP contribution >= 0.6 is 0 Å². The number of rotatable bonds is 4. The first-order valence-electron chi connectivity index (χ1n) is 6.37. The molecule has 2 aromatic carbocycles. The first-order chi connectivity index (χ1) is 8.93. The minimum atomic E-state index is 0.204. The van der Waals surface area contributed by atoms with E-state index in [4.69, 9.17) is 4.74 Å². The lowest BCUT2D eigenvalue weighted by atomic mass is 9.98. The average Bonchev–Trinajstić information content (AvgIpc) is 2.40. The molecule has 1 unspecified atom stereocenters. The van der Waals surface area contributed by atoms with Gasteiger partial charge in [-0.15, -0.1) is 0 Å². The number of benzene rings is 2.